The Bertz CT molecular complexity index is 815. The van der Waals surface area contributed by atoms with E-state index in [-0.39, 0.29) is 30.1 Å². The maximum atomic E-state index is 13.2. The van der Waals surface area contributed by atoms with E-state index in [1.165, 1.54) is 18.2 Å². The van der Waals surface area contributed by atoms with Gasteiger partial charge in [0.1, 0.15) is 5.82 Å². The van der Waals surface area contributed by atoms with Gasteiger partial charge in [-0.15, -0.1) is 12.4 Å². The summed E-state index contributed by atoms with van der Waals surface area (Å²) in [4.78, 5) is 24.8. The van der Waals surface area contributed by atoms with Gasteiger partial charge in [0.2, 0.25) is 5.91 Å². The highest BCUT2D eigenvalue weighted by Crippen LogP contribution is 2.20. The summed E-state index contributed by atoms with van der Waals surface area (Å²) in [5.74, 6) is -0.834. The summed E-state index contributed by atoms with van der Waals surface area (Å²) in [5, 5.41) is 8.86. The molecule has 2 aromatic rings. The molecule has 0 spiro atoms. The first-order chi connectivity index (χ1) is 12.5. The van der Waals surface area contributed by atoms with E-state index in [1.54, 1.807) is 30.3 Å². The Balaban J connectivity index is 0.00000261. The molecule has 27 heavy (non-hydrogen) atoms. The molecule has 0 bridgehead atoms. The van der Waals surface area contributed by atoms with Crippen LogP contribution in [0.3, 0.4) is 0 Å². The van der Waals surface area contributed by atoms with E-state index < -0.39 is 5.82 Å². The van der Waals surface area contributed by atoms with Gasteiger partial charge in [0.15, 0.2) is 0 Å². The van der Waals surface area contributed by atoms with Crippen LogP contribution in [0.2, 0.25) is 0 Å². The fourth-order valence-electron chi connectivity index (χ4n) is 3.12. The molecule has 1 heterocycles. The van der Waals surface area contributed by atoms with E-state index >= 15 is 0 Å². The summed E-state index contributed by atoms with van der Waals surface area (Å²) in [6.07, 6.45) is 1.60. The number of hydrogen-bond acceptors (Lipinski definition) is 3. The van der Waals surface area contributed by atoms with E-state index in [2.05, 4.69) is 22.9 Å². The Kier molecular flexibility index (Phi) is 7.33. The van der Waals surface area contributed by atoms with Crippen molar-refractivity contribution in [1.29, 1.82) is 0 Å². The highest BCUT2D eigenvalue weighted by atomic mass is 35.5. The van der Waals surface area contributed by atoms with Gasteiger partial charge in [0, 0.05) is 28.9 Å². The quantitative estimate of drug-likeness (QED) is 0.741. The first kappa shape index (κ1) is 20.9. The first-order valence-corrected chi connectivity index (χ1v) is 8.72. The van der Waals surface area contributed by atoms with Gasteiger partial charge in [-0.3, -0.25) is 9.59 Å². The van der Waals surface area contributed by atoms with Crippen LogP contribution in [-0.4, -0.2) is 24.4 Å². The zero-order chi connectivity index (χ0) is 18.5. The molecule has 0 aromatic heterocycles. The second-order valence-electron chi connectivity index (χ2n) is 6.61. The Hall–Kier alpha value is -2.44. The first-order valence-electron chi connectivity index (χ1n) is 8.72. The molecule has 1 saturated heterocycles. The van der Waals surface area contributed by atoms with E-state index in [1.807, 2.05) is 0 Å². The summed E-state index contributed by atoms with van der Waals surface area (Å²) in [6, 6.07) is 12.8. The van der Waals surface area contributed by atoms with Crippen molar-refractivity contribution in [3.05, 3.63) is 59.9 Å². The van der Waals surface area contributed by atoms with Crippen LogP contribution in [0, 0.1) is 11.7 Å². The van der Waals surface area contributed by atoms with Gasteiger partial charge < -0.3 is 16.0 Å². The Labute approximate surface area is 164 Å². The number of carbonyl (C=O) groups excluding carboxylic acids is 2. The number of carbonyl (C=O) groups is 2. The highest BCUT2D eigenvalue weighted by molar-refractivity contribution is 6.05. The molecular formula is C20H23ClFN3O2. The number of rotatable bonds is 4. The molecule has 0 aliphatic carbocycles. The number of piperidine rings is 1. The normalized spacial score (nSPS) is 18.9. The molecule has 1 fully saturated rings. The lowest BCUT2D eigenvalue weighted by atomic mass is 9.92. The van der Waals surface area contributed by atoms with E-state index in [4.69, 9.17) is 0 Å². The third-order valence-electron chi connectivity index (χ3n) is 4.47. The molecular weight excluding hydrogens is 369 g/mol. The van der Waals surface area contributed by atoms with Crippen molar-refractivity contribution in [2.45, 2.75) is 25.8 Å². The van der Waals surface area contributed by atoms with E-state index in [0.717, 1.165) is 19.4 Å². The molecule has 2 atom stereocenters. The predicted molar refractivity (Wildman–Crippen MR) is 107 cm³/mol. The molecule has 0 saturated carbocycles. The van der Waals surface area contributed by atoms with Crippen LogP contribution in [0.4, 0.5) is 15.8 Å². The molecule has 3 N–H and O–H groups in total. The minimum absolute atomic E-state index is 0. The summed E-state index contributed by atoms with van der Waals surface area (Å²) in [6.45, 7) is 2.89. The summed E-state index contributed by atoms with van der Waals surface area (Å²) in [5.41, 5.74) is 1.35. The number of benzene rings is 2. The monoisotopic (exact) mass is 391 g/mol. The standard InChI is InChI=1S/C20H22FN3O2.ClH/c1-13-10-15(8-9-22-13)20(26)23-17-6-2-4-14(11-17)19(25)24-18-7-3-5-16(21)12-18;/h2-7,11-13,15,22H,8-10H2,1H3,(H,23,26)(H,24,25);1H/t13-,15-;/m0./s1. The predicted octanol–water partition coefficient (Wildman–Crippen LogP) is 3.83. The fraction of sp³-hybridized carbons (Fsp3) is 0.300. The van der Waals surface area contributed by atoms with Crippen molar-refractivity contribution in [3.8, 4) is 0 Å². The van der Waals surface area contributed by atoms with Crippen LogP contribution >= 0.6 is 12.4 Å². The largest absolute Gasteiger partial charge is 0.326 e. The minimum Gasteiger partial charge on any atom is -0.326 e. The van der Waals surface area contributed by atoms with Crippen LogP contribution in [0.25, 0.3) is 0 Å². The van der Waals surface area contributed by atoms with Gasteiger partial charge >= 0.3 is 0 Å². The Morgan fingerprint density at radius 1 is 1.07 bits per heavy atom. The van der Waals surface area contributed by atoms with Gasteiger partial charge in [0.25, 0.3) is 5.91 Å². The lowest BCUT2D eigenvalue weighted by molar-refractivity contribution is -0.120. The van der Waals surface area contributed by atoms with Gasteiger partial charge in [-0.25, -0.2) is 4.39 Å². The van der Waals surface area contributed by atoms with E-state index in [9.17, 15) is 14.0 Å². The van der Waals surface area contributed by atoms with Crippen molar-refractivity contribution in [3.63, 3.8) is 0 Å². The molecule has 5 nitrogen and oxygen atoms in total. The zero-order valence-corrected chi connectivity index (χ0v) is 15.8. The number of halogens is 2. The molecule has 3 rings (SSSR count). The van der Waals surface area contributed by atoms with Gasteiger partial charge in [-0.05, 0) is 62.7 Å². The minimum atomic E-state index is -0.417. The average Bonchev–Trinajstić information content (AvgIpc) is 2.62. The lowest BCUT2D eigenvalue weighted by Crippen LogP contribution is -2.40. The molecule has 0 unspecified atom stereocenters. The second-order valence-corrected chi connectivity index (χ2v) is 6.61. The Morgan fingerprint density at radius 2 is 1.78 bits per heavy atom. The molecule has 144 valence electrons. The van der Waals surface area contributed by atoms with Crippen LogP contribution in [0.1, 0.15) is 30.1 Å². The summed E-state index contributed by atoms with van der Waals surface area (Å²) < 4.78 is 13.2. The lowest BCUT2D eigenvalue weighted by Gasteiger charge is -2.27. The highest BCUT2D eigenvalue weighted by Gasteiger charge is 2.24. The number of anilines is 2. The maximum absolute atomic E-state index is 13.2. The summed E-state index contributed by atoms with van der Waals surface area (Å²) >= 11 is 0. The fourth-order valence-corrected chi connectivity index (χ4v) is 3.12. The third-order valence-corrected chi connectivity index (χ3v) is 4.47. The van der Waals surface area contributed by atoms with Gasteiger partial charge in [-0.1, -0.05) is 12.1 Å². The van der Waals surface area contributed by atoms with Gasteiger partial charge in [-0.2, -0.15) is 0 Å². The molecule has 2 amide bonds. The van der Waals surface area contributed by atoms with Crippen molar-refractivity contribution in [2.75, 3.05) is 17.2 Å². The van der Waals surface area contributed by atoms with Crippen molar-refractivity contribution in [2.24, 2.45) is 5.92 Å². The molecule has 7 heteroatoms. The average molecular weight is 392 g/mol. The smallest absolute Gasteiger partial charge is 0.255 e. The molecule has 2 aromatic carbocycles. The van der Waals surface area contributed by atoms with Crippen LogP contribution in [-0.2, 0) is 4.79 Å². The SMILES string of the molecule is C[C@H]1C[C@@H](C(=O)Nc2cccc(C(=O)Nc3cccc(F)c3)c2)CCN1.Cl. The molecule has 1 aliphatic rings. The second kappa shape index (κ2) is 9.48. The van der Waals surface area contributed by atoms with Crippen molar-refractivity contribution >= 4 is 35.6 Å². The maximum Gasteiger partial charge on any atom is 0.255 e. The van der Waals surface area contributed by atoms with E-state index in [0.29, 0.717) is 23.0 Å². The summed E-state index contributed by atoms with van der Waals surface area (Å²) in [7, 11) is 0. The number of amides is 2. The van der Waals surface area contributed by atoms with Crippen LogP contribution in [0.15, 0.2) is 48.5 Å². The number of nitrogens with one attached hydrogen (secondary N) is 3. The number of hydrogen-bond donors (Lipinski definition) is 3. The van der Waals surface area contributed by atoms with Crippen molar-refractivity contribution in [1.82, 2.24) is 5.32 Å². The van der Waals surface area contributed by atoms with Crippen LogP contribution in [0.5, 0.6) is 0 Å². The zero-order valence-electron chi connectivity index (χ0n) is 15.0. The van der Waals surface area contributed by atoms with Crippen LogP contribution < -0.4 is 16.0 Å². The molecule has 1 aliphatic heterocycles. The Morgan fingerprint density at radius 3 is 2.48 bits per heavy atom. The molecule has 0 radical (unpaired) electrons. The van der Waals surface area contributed by atoms with Crippen molar-refractivity contribution < 1.29 is 14.0 Å². The van der Waals surface area contributed by atoms with Gasteiger partial charge in [0.05, 0.1) is 0 Å². The topological polar surface area (TPSA) is 70.2 Å². The third kappa shape index (κ3) is 5.77.